The summed E-state index contributed by atoms with van der Waals surface area (Å²) in [5, 5.41) is 28.6. The van der Waals surface area contributed by atoms with E-state index < -0.39 is 72.8 Å². The molecule has 0 amide bonds. The molecule has 0 radical (unpaired) electrons. The Balaban J connectivity index is 0.00000462. The van der Waals surface area contributed by atoms with Crippen LogP contribution in [0, 0.1) is 0 Å². The second-order valence-electron chi connectivity index (χ2n) is 14.9. The van der Waals surface area contributed by atoms with E-state index >= 15 is 0 Å². The van der Waals surface area contributed by atoms with Crippen LogP contribution >= 0.6 is 24.1 Å². The number of anilines is 1. The van der Waals surface area contributed by atoms with Crippen molar-refractivity contribution in [2.75, 3.05) is 16.7 Å². The zero-order valence-corrected chi connectivity index (χ0v) is 58.3. The number of hydrogen-bond donors (Lipinski definition) is 1. The van der Waals surface area contributed by atoms with E-state index in [9.17, 15) is 62.4 Å². The van der Waals surface area contributed by atoms with Crippen molar-refractivity contribution in [3.8, 4) is 0 Å². The summed E-state index contributed by atoms with van der Waals surface area (Å²) in [7, 11) is -19.8. The molecule has 4 aromatic rings. The van der Waals surface area contributed by atoms with Crippen LogP contribution in [0.25, 0.3) is 21.5 Å². The van der Waals surface area contributed by atoms with Crippen LogP contribution in [0.5, 0.6) is 0 Å². The maximum Gasteiger partial charge on any atom is 1.00 e. The third-order valence-corrected chi connectivity index (χ3v) is 14.2. The predicted octanol–water partition coefficient (Wildman–Crippen LogP) is -11.6. The minimum absolute atomic E-state index is 0. The smallest absolute Gasteiger partial charge is 0.747 e. The molecule has 20 nitrogen and oxygen atoms in total. The van der Waals surface area contributed by atoms with Crippen LogP contribution in [0.4, 0.5) is 11.4 Å². The first-order valence-electron chi connectivity index (χ1n) is 17.6. The Morgan fingerprint density at radius 1 is 0.691 bits per heavy atom. The quantitative estimate of drug-likeness (QED) is 0.0207. The standard InChI is InChI=1S/C37H36N2O18S6.5K/c1-36(2)30(38(20-60(42,43)44)26-15-13-23-17-25(62(48,49)50)19-28(59-57-55-41)32(23)34(26)36)10-8-6-5-7-9-11-31-37(3,4)35-27(39(31)21-61(45,46)47)14-12-22-16-24(58-56-54-40)18-29(33(22)35)63(51,52)53;;;;;/h5-19H,20-21H2,1-4H3,(H5-,40,41,42,43,44,45,46,47,48,49,50,51,52,53);;;;;/q;5*+1/p-4. The molecular formula is C37H32K5N2O18S6+. The minimum atomic E-state index is -5.19. The van der Waals surface area contributed by atoms with Crippen molar-refractivity contribution in [2.24, 2.45) is 0 Å². The van der Waals surface area contributed by atoms with E-state index in [1.807, 2.05) is 0 Å². The van der Waals surface area contributed by atoms with Gasteiger partial charge in [-0.15, -0.1) is 0 Å². The SMILES string of the molecule is CC1(C)C(/C=C/C=C/C=C/C=C2/N(CS(=O)(=O)[O-])c3ccc4cc(S(=O)(=O)[O-])cc(SOO[O-])c4c3C2(C)C)=[N+](CS(=O)(=O)O)c2ccc3cc(SOO[O-])cc(S(=O)(=O)[O-])c3c21.[K+].[K+].[K+].[K+].[K+]. The van der Waals surface area contributed by atoms with Gasteiger partial charge in [-0.2, -0.15) is 21.7 Å². The summed E-state index contributed by atoms with van der Waals surface area (Å²) in [6.07, 6.45) is 10.7. The second-order valence-corrected chi connectivity index (χ2v) is 21.9. The Labute approximate surface area is 614 Å². The first-order valence-corrected chi connectivity index (χ1v) is 25.1. The van der Waals surface area contributed by atoms with E-state index in [1.165, 1.54) is 76.3 Å². The molecular weight excluding hydrogens is 1150 g/mol. The summed E-state index contributed by atoms with van der Waals surface area (Å²) in [4.78, 5) is -0.0637. The molecule has 0 aromatic heterocycles. The molecule has 0 fully saturated rings. The molecule has 1 N–H and O–H groups in total. The van der Waals surface area contributed by atoms with Crippen molar-refractivity contribution in [1.82, 2.24) is 0 Å². The van der Waals surface area contributed by atoms with Gasteiger partial charge in [-0.25, -0.2) is 25.3 Å². The van der Waals surface area contributed by atoms with Crippen LogP contribution in [0.2, 0.25) is 0 Å². The van der Waals surface area contributed by atoms with Crippen molar-refractivity contribution in [2.45, 2.75) is 58.1 Å². The molecule has 2 heterocycles. The first-order chi connectivity index (χ1) is 29.2. The third kappa shape index (κ3) is 16.6. The number of rotatable bonds is 16. The maximum absolute atomic E-state index is 12.6. The molecule has 0 aliphatic carbocycles. The molecule has 0 unspecified atom stereocenters. The van der Waals surface area contributed by atoms with Gasteiger partial charge in [0, 0.05) is 55.1 Å². The number of allylic oxidation sites excluding steroid dienone is 8. The zero-order chi connectivity index (χ0) is 46.5. The molecule has 0 saturated heterocycles. The van der Waals surface area contributed by atoms with E-state index in [0.717, 1.165) is 18.2 Å². The predicted molar refractivity (Wildman–Crippen MR) is 220 cm³/mol. The van der Waals surface area contributed by atoms with Gasteiger partial charge in [-0.1, -0.05) is 50.3 Å². The molecule has 31 heteroatoms. The molecule has 0 bridgehead atoms. The van der Waals surface area contributed by atoms with Gasteiger partial charge in [-0.05, 0) is 72.7 Å². The zero-order valence-electron chi connectivity index (χ0n) is 37.8. The van der Waals surface area contributed by atoms with Gasteiger partial charge in [-0.3, -0.25) is 14.6 Å². The summed E-state index contributed by atoms with van der Waals surface area (Å²) in [6.45, 7) is 6.70. The Bertz CT molecular complexity index is 3180. The van der Waals surface area contributed by atoms with Crippen molar-refractivity contribution in [3.05, 3.63) is 108 Å². The van der Waals surface area contributed by atoms with E-state index in [0.29, 0.717) is 35.3 Å². The van der Waals surface area contributed by atoms with Crippen LogP contribution in [-0.2, 0) is 70.0 Å². The second kappa shape index (κ2) is 28.3. The van der Waals surface area contributed by atoms with Crippen molar-refractivity contribution >= 4 is 103 Å². The summed E-state index contributed by atoms with van der Waals surface area (Å²) in [6, 6.07) is 10.3. The van der Waals surface area contributed by atoms with Crippen LogP contribution < -0.4 is 272 Å². The Morgan fingerprint density at radius 2 is 1.26 bits per heavy atom. The third-order valence-electron chi connectivity index (χ3n) is 10.2. The fraction of sp³-hybridized carbons (Fsp3) is 0.216. The largest absolute Gasteiger partial charge is 1.00 e. The molecule has 0 spiro atoms. The molecule has 6 rings (SSSR count). The summed E-state index contributed by atoms with van der Waals surface area (Å²) in [5.41, 5.74) is -0.693. The molecule has 68 heavy (non-hydrogen) atoms. The van der Waals surface area contributed by atoms with Gasteiger partial charge in [0.2, 0.25) is 5.69 Å². The van der Waals surface area contributed by atoms with Gasteiger partial charge < -0.3 is 29.1 Å². The van der Waals surface area contributed by atoms with Crippen LogP contribution in [-0.4, -0.2) is 73.9 Å². The molecule has 338 valence electrons. The fourth-order valence-corrected chi connectivity index (χ4v) is 11.6. The average Bonchev–Trinajstić information content (AvgIpc) is 3.50. The molecule has 0 saturated carbocycles. The van der Waals surface area contributed by atoms with Crippen molar-refractivity contribution in [1.29, 1.82) is 0 Å². The summed E-state index contributed by atoms with van der Waals surface area (Å²) < 4.78 is 155. The van der Waals surface area contributed by atoms with Crippen molar-refractivity contribution < 1.29 is 343 Å². The molecule has 4 aromatic carbocycles. The average molecular weight is 1180 g/mol. The van der Waals surface area contributed by atoms with Gasteiger partial charge >= 0.3 is 267 Å². The Hall–Kier alpha value is 4.11. The van der Waals surface area contributed by atoms with E-state index in [1.54, 1.807) is 33.8 Å². The normalized spacial score (nSPS) is 16.1. The number of nitrogens with zero attached hydrogens (tertiary/aromatic N) is 2. The van der Waals surface area contributed by atoms with Gasteiger partial charge in [0.15, 0.2) is 5.71 Å². The topological polar surface area (TPSA) is 315 Å². The van der Waals surface area contributed by atoms with E-state index in [2.05, 4.69) is 18.7 Å². The fourth-order valence-electron chi connectivity index (χ4n) is 7.93. The van der Waals surface area contributed by atoms with E-state index in [4.69, 9.17) is 0 Å². The monoisotopic (exact) mass is 1180 g/mol. The number of fused-ring (bicyclic) bond motifs is 6. The minimum Gasteiger partial charge on any atom is -0.747 e. The summed E-state index contributed by atoms with van der Waals surface area (Å²) in [5.74, 6) is -1.96. The van der Waals surface area contributed by atoms with Gasteiger partial charge in [0.05, 0.1) is 39.3 Å². The van der Waals surface area contributed by atoms with Crippen LogP contribution in [0.3, 0.4) is 0 Å². The number of benzene rings is 4. The Kier molecular flexibility index (Phi) is 29.2. The van der Waals surface area contributed by atoms with Crippen LogP contribution in [0.1, 0.15) is 38.8 Å². The molecule has 0 atom stereocenters. The first kappa shape index (κ1) is 70.1. The van der Waals surface area contributed by atoms with Crippen molar-refractivity contribution in [3.63, 3.8) is 0 Å². The van der Waals surface area contributed by atoms with Gasteiger partial charge in [0.25, 0.3) is 5.88 Å². The van der Waals surface area contributed by atoms with E-state index in [-0.39, 0.29) is 311 Å². The maximum atomic E-state index is 12.6. The molecule has 2 aliphatic heterocycles. The molecule has 2 aliphatic rings. The number of hydrogen-bond acceptors (Lipinski definition) is 20. The van der Waals surface area contributed by atoms with Gasteiger partial charge in [0.1, 0.15) is 36.2 Å². The summed E-state index contributed by atoms with van der Waals surface area (Å²) >= 11 is 0.679. The van der Waals surface area contributed by atoms with Crippen LogP contribution in [0.15, 0.2) is 116 Å². The Morgan fingerprint density at radius 3 is 1.84 bits per heavy atom.